The fraction of sp³-hybridized carbons (Fsp3) is 0.455. The van der Waals surface area contributed by atoms with Gasteiger partial charge in [0, 0.05) is 6.04 Å². The van der Waals surface area contributed by atoms with Crippen LogP contribution in [0.1, 0.15) is 13.8 Å². The highest BCUT2D eigenvalue weighted by Gasteiger charge is 2.21. The summed E-state index contributed by atoms with van der Waals surface area (Å²) in [4.78, 5) is -0.0744. The van der Waals surface area contributed by atoms with Crippen LogP contribution in [0.2, 0.25) is 0 Å². The number of benzene rings is 1. The van der Waals surface area contributed by atoms with Gasteiger partial charge in [0.2, 0.25) is 0 Å². The van der Waals surface area contributed by atoms with Gasteiger partial charge in [-0.15, -0.1) is 0 Å². The standard InChI is InChI=1S/C11H15F2NOS/c1-7(14-3)8(2)16(15)11-6-9(12)4-5-10(11)13/h4-8,14H,1-3H3. The van der Waals surface area contributed by atoms with Crippen molar-refractivity contribution in [3.63, 3.8) is 0 Å². The van der Waals surface area contributed by atoms with Gasteiger partial charge in [0.1, 0.15) is 11.6 Å². The van der Waals surface area contributed by atoms with Gasteiger partial charge in [-0.2, -0.15) is 0 Å². The van der Waals surface area contributed by atoms with E-state index in [1.165, 1.54) is 0 Å². The van der Waals surface area contributed by atoms with Crippen LogP contribution in [0.15, 0.2) is 23.1 Å². The summed E-state index contributed by atoms with van der Waals surface area (Å²) in [5.41, 5.74) is 0. The highest BCUT2D eigenvalue weighted by Crippen LogP contribution is 2.18. The Balaban J connectivity index is 3.00. The number of hydrogen-bond donors (Lipinski definition) is 1. The molecule has 0 bridgehead atoms. The predicted molar refractivity (Wildman–Crippen MR) is 60.8 cm³/mol. The van der Waals surface area contributed by atoms with Crippen molar-refractivity contribution in [1.29, 1.82) is 0 Å². The molecule has 0 aliphatic carbocycles. The Kier molecular flexibility index (Phi) is 4.56. The zero-order valence-corrected chi connectivity index (χ0v) is 10.3. The highest BCUT2D eigenvalue weighted by atomic mass is 32.2. The predicted octanol–water partition coefficient (Wildman–Crippen LogP) is 2.07. The fourth-order valence-corrected chi connectivity index (χ4v) is 2.65. The van der Waals surface area contributed by atoms with Crippen molar-refractivity contribution < 1.29 is 13.0 Å². The molecule has 1 aromatic carbocycles. The molecule has 0 saturated carbocycles. The third-order valence-electron chi connectivity index (χ3n) is 2.61. The van der Waals surface area contributed by atoms with E-state index in [1.54, 1.807) is 14.0 Å². The Labute approximate surface area is 96.5 Å². The lowest BCUT2D eigenvalue weighted by atomic mass is 10.3. The minimum Gasteiger partial charge on any atom is -0.316 e. The second-order valence-electron chi connectivity index (χ2n) is 3.65. The van der Waals surface area contributed by atoms with Gasteiger partial charge in [0.05, 0.1) is 20.9 Å². The van der Waals surface area contributed by atoms with E-state index in [4.69, 9.17) is 0 Å². The topological polar surface area (TPSA) is 29.1 Å². The molecule has 3 atom stereocenters. The molecule has 0 heterocycles. The van der Waals surface area contributed by atoms with E-state index in [0.29, 0.717) is 0 Å². The zero-order valence-electron chi connectivity index (χ0n) is 9.46. The monoisotopic (exact) mass is 247 g/mol. The summed E-state index contributed by atoms with van der Waals surface area (Å²) in [7, 11) is 0.179. The summed E-state index contributed by atoms with van der Waals surface area (Å²) in [5, 5.41) is 2.65. The SMILES string of the molecule is CNC(C)C(C)S(=O)c1cc(F)ccc1F. The average molecular weight is 247 g/mol. The smallest absolute Gasteiger partial charge is 0.139 e. The minimum atomic E-state index is -1.56. The summed E-state index contributed by atoms with van der Waals surface area (Å²) in [6, 6.07) is 2.97. The molecule has 2 nitrogen and oxygen atoms in total. The van der Waals surface area contributed by atoms with Crippen molar-refractivity contribution in [3.8, 4) is 0 Å². The van der Waals surface area contributed by atoms with Crippen molar-refractivity contribution in [1.82, 2.24) is 5.32 Å². The first kappa shape index (κ1) is 13.3. The molecule has 1 rings (SSSR count). The third-order valence-corrected chi connectivity index (χ3v) is 4.44. The van der Waals surface area contributed by atoms with Gasteiger partial charge < -0.3 is 5.32 Å². The van der Waals surface area contributed by atoms with Crippen molar-refractivity contribution in [2.75, 3.05) is 7.05 Å². The van der Waals surface area contributed by atoms with Crippen molar-refractivity contribution in [2.45, 2.75) is 30.0 Å². The highest BCUT2D eigenvalue weighted by molar-refractivity contribution is 7.85. The van der Waals surface area contributed by atoms with Crippen LogP contribution in [0.3, 0.4) is 0 Å². The molecule has 3 unspecified atom stereocenters. The molecule has 0 amide bonds. The summed E-state index contributed by atoms with van der Waals surface area (Å²) in [6.07, 6.45) is 0. The van der Waals surface area contributed by atoms with E-state index in [1.807, 2.05) is 6.92 Å². The minimum absolute atomic E-state index is 0.0384. The Morgan fingerprint density at radius 3 is 2.50 bits per heavy atom. The molecule has 0 aliphatic heterocycles. The Morgan fingerprint density at radius 1 is 1.31 bits per heavy atom. The van der Waals surface area contributed by atoms with Crippen molar-refractivity contribution in [3.05, 3.63) is 29.8 Å². The van der Waals surface area contributed by atoms with Gasteiger partial charge in [-0.25, -0.2) is 8.78 Å². The molecule has 90 valence electrons. The van der Waals surface area contributed by atoms with Crippen LogP contribution < -0.4 is 5.32 Å². The zero-order chi connectivity index (χ0) is 12.3. The van der Waals surface area contributed by atoms with Gasteiger partial charge in [0.15, 0.2) is 0 Å². The molecular formula is C11H15F2NOS. The van der Waals surface area contributed by atoms with Gasteiger partial charge in [-0.05, 0) is 39.1 Å². The van der Waals surface area contributed by atoms with Gasteiger partial charge in [-0.1, -0.05) is 0 Å². The maximum Gasteiger partial charge on any atom is 0.139 e. The van der Waals surface area contributed by atoms with Gasteiger partial charge in [0.25, 0.3) is 0 Å². The maximum absolute atomic E-state index is 13.4. The first-order valence-electron chi connectivity index (χ1n) is 5.00. The van der Waals surface area contributed by atoms with Crippen LogP contribution in [-0.4, -0.2) is 22.5 Å². The first-order chi connectivity index (χ1) is 7.47. The van der Waals surface area contributed by atoms with Crippen LogP contribution in [0.25, 0.3) is 0 Å². The molecule has 0 aliphatic rings. The normalized spacial score (nSPS) is 16.8. The Bertz CT molecular complexity index is 398. The summed E-state index contributed by atoms with van der Waals surface area (Å²) in [5.74, 6) is -1.20. The summed E-state index contributed by atoms with van der Waals surface area (Å²) in [6.45, 7) is 3.58. The number of rotatable bonds is 4. The second kappa shape index (κ2) is 5.50. The largest absolute Gasteiger partial charge is 0.316 e. The van der Waals surface area contributed by atoms with Gasteiger partial charge in [-0.3, -0.25) is 4.21 Å². The molecule has 0 fully saturated rings. The molecule has 5 heteroatoms. The third kappa shape index (κ3) is 2.86. The van der Waals surface area contributed by atoms with Crippen LogP contribution in [-0.2, 0) is 10.8 Å². The van der Waals surface area contributed by atoms with Crippen molar-refractivity contribution >= 4 is 10.8 Å². The lowest BCUT2D eigenvalue weighted by Gasteiger charge is -2.18. The molecule has 1 N–H and O–H groups in total. The summed E-state index contributed by atoms with van der Waals surface area (Å²) >= 11 is 0. The molecule has 16 heavy (non-hydrogen) atoms. The molecule has 0 saturated heterocycles. The Hall–Kier alpha value is -0.810. The maximum atomic E-state index is 13.4. The van der Waals surface area contributed by atoms with E-state index < -0.39 is 22.4 Å². The molecule has 0 radical (unpaired) electrons. The lowest BCUT2D eigenvalue weighted by Crippen LogP contribution is -2.35. The van der Waals surface area contributed by atoms with Crippen LogP contribution >= 0.6 is 0 Å². The lowest BCUT2D eigenvalue weighted by molar-refractivity contribution is 0.559. The van der Waals surface area contributed by atoms with Gasteiger partial charge >= 0.3 is 0 Å². The molecule has 1 aromatic rings. The number of hydrogen-bond acceptors (Lipinski definition) is 2. The molecule has 0 spiro atoms. The second-order valence-corrected chi connectivity index (χ2v) is 5.43. The first-order valence-corrected chi connectivity index (χ1v) is 6.21. The van der Waals surface area contributed by atoms with E-state index in [-0.39, 0.29) is 16.2 Å². The fourth-order valence-electron chi connectivity index (χ4n) is 1.25. The number of halogens is 2. The number of nitrogens with one attached hydrogen (secondary N) is 1. The van der Waals surface area contributed by atoms with Crippen molar-refractivity contribution in [2.24, 2.45) is 0 Å². The Morgan fingerprint density at radius 2 is 1.94 bits per heavy atom. The van der Waals surface area contributed by atoms with E-state index in [2.05, 4.69) is 5.32 Å². The van der Waals surface area contributed by atoms with Crippen LogP contribution in [0.5, 0.6) is 0 Å². The van der Waals surface area contributed by atoms with E-state index in [9.17, 15) is 13.0 Å². The molecular weight excluding hydrogens is 232 g/mol. The van der Waals surface area contributed by atoms with E-state index >= 15 is 0 Å². The quantitative estimate of drug-likeness (QED) is 0.882. The van der Waals surface area contributed by atoms with Crippen LogP contribution in [0, 0.1) is 11.6 Å². The average Bonchev–Trinajstić information content (AvgIpc) is 2.29. The van der Waals surface area contributed by atoms with E-state index in [0.717, 1.165) is 18.2 Å². The summed E-state index contributed by atoms with van der Waals surface area (Å²) < 4.78 is 38.3. The van der Waals surface area contributed by atoms with Crippen LogP contribution in [0.4, 0.5) is 8.78 Å². The molecule has 0 aromatic heterocycles.